The first-order chi connectivity index (χ1) is 8.04. The second kappa shape index (κ2) is 6.91. The van der Waals surface area contributed by atoms with Gasteiger partial charge in [-0.15, -0.1) is 0 Å². The van der Waals surface area contributed by atoms with Crippen molar-refractivity contribution >= 4 is 21.6 Å². The minimum atomic E-state index is -2.32. The Morgan fingerprint density at radius 2 is 2.12 bits per heavy atom. The summed E-state index contributed by atoms with van der Waals surface area (Å²) < 4.78 is 25.7. The quantitative estimate of drug-likeness (QED) is 0.868. The van der Waals surface area contributed by atoms with E-state index in [-0.39, 0.29) is 6.54 Å². The molecule has 5 heteroatoms. The Morgan fingerprint density at radius 3 is 2.71 bits per heavy atom. The van der Waals surface area contributed by atoms with Crippen LogP contribution in [0.4, 0.5) is 14.5 Å². The highest BCUT2D eigenvalue weighted by Gasteiger charge is 2.12. The molecule has 96 valence electrons. The SMILES string of the molecule is CCNCc1cc(Br)ccc1N(C)CC(F)F. The standard InChI is InChI=1S/C12H17BrF2N2/c1-3-16-7-9-6-10(13)4-5-11(9)17(2)8-12(14)15/h4-6,12,16H,3,7-8H2,1-2H3. The van der Waals surface area contributed by atoms with Crippen LogP contribution < -0.4 is 10.2 Å². The predicted molar refractivity (Wildman–Crippen MR) is 70.8 cm³/mol. The zero-order chi connectivity index (χ0) is 12.8. The van der Waals surface area contributed by atoms with E-state index in [4.69, 9.17) is 0 Å². The second-order valence-electron chi connectivity index (χ2n) is 3.82. The summed E-state index contributed by atoms with van der Waals surface area (Å²) in [5, 5.41) is 3.21. The summed E-state index contributed by atoms with van der Waals surface area (Å²) in [5.74, 6) is 0. The van der Waals surface area contributed by atoms with Gasteiger partial charge in [0.2, 0.25) is 0 Å². The Bertz CT molecular complexity index is 358. The highest BCUT2D eigenvalue weighted by Crippen LogP contribution is 2.24. The van der Waals surface area contributed by atoms with Gasteiger partial charge in [0, 0.05) is 23.8 Å². The van der Waals surface area contributed by atoms with Crippen LogP contribution in [0.5, 0.6) is 0 Å². The molecule has 1 aromatic carbocycles. The number of nitrogens with zero attached hydrogens (tertiary/aromatic N) is 1. The van der Waals surface area contributed by atoms with Crippen molar-refractivity contribution in [1.82, 2.24) is 5.32 Å². The summed E-state index contributed by atoms with van der Waals surface area (Å²) in [6, 6.07) is 5.69. The van der Waals surface area contributed by atoms with Crippen molar-refractivity contribution < 1.29 is 8.78 Å². The van der Waals surface area contributed by atoms with Crippen LogP contribution in [0.3, 0.4) is 0 Å². The third-order valence-corrected chi connectivity index (χ3v) is 2.92. The van der Waals surface area contributed by atoms with E-state index in [1.54, 1.807) is 11.9 Å². The van der Waals surface area contributed by atoms with E-state index in [0.717, 1.165) is 22.3 Å². The fourth-order valence-corrected chi connectivity index (χ4v) is 2.04. The zero-order valence-electron chi connectivity index (χ0n) is 10.0. The van der Waals surface area contributed by atoms with Gasteiger partial charge in [-0.1, -0.05) is 22.9 Å². The van der Waals surface area contributed by atoms with Crippen molar-refractivity contribution in [2.75, 3.05) is 25.0 Å². The Labute approximate surface area is 109 Å². The van der Waals surface area contributed by atoms with Gasteiger partial charge in [0.05, 0.1) is 6.54 Å². The molecule has 0 atom stereocenters. The van der Waals surface area contributed by atoms with Crippen LogP contribution >= 0.6 is 15.9 Å². The van der Waals surface area contributed by atoms with Crippen molar-refractivity contribution in [3.63, 3.8) is 0 Å². The van der Waals surface area contributed by atoms with E-state index < -0.39 is 6.43 Å². The van der Waals surface area contributed by atoms with Crippen LogP contribution in [0.1, 0.15) is 12.5 Å². The number of rotatable bonds is 6. The molecule has 0 saturated carbocycles. The summed E-state index contributed by atoms with van der Waals surface area (Å²) >= 11 is 3.39. The fraction of sp³-hybridized carbons (Fsp3) is 0.500. The monoisotopic (exact) mass is 306 g/mol. The second-order valence-corrected chi connectivity index (χ2v) is 4.74. The van der Waals surface area contributed by atoms with Gasteiger partial charge in [-0.05, 0) is 30.3 Å². The first-order valence-corrected chi connectivity index (χ1v) is 6.32. The smallest absolute Gasteiger partial charge is 0.255 e. The van der Waals surface area contributed by atoms with Crippen molar-refractivity contribution in [1.29, 1.82) is 0 Å². The average Bonchev–Trinajstić information content (AvgIpc) is 2.25. The van der Waals surface area contributed by atoms with Crippen molar-refractivity contribution in [2.24, 2.45) is 0 Å². The van der Waals surface area contributed by atoms with Gasteiger partial charge in [0.25, 0.3) is 6.43 Å². The van der Waals surface area contributed by atoms with Gasteiger partial charge in [-0.3, -0.25) is 0 Å². The molecule has 0 fully saturated rings. The lowest BCUT2D eigenvalue weighted by atomic mass is 10.1. The summed E-state index contributed by atoms with van der Waals surface area (Å²) in [6.45, 7) is 3.30. The lowest BCUT2D eigenvalue weighted by Gasteiger charge is -2.22. The molecular weight excluding hydrogens is 290 g/mol. The Balaban J connectivity index is 2.88. The molecule has 0 aromatic heterocycles. The van der Waals surface area contributed by atoms with Gasteiger partial charge < -0.3 is 10.2 Å². The van der Waals surface area contributed by atoms with E-state index in [0.29, 0.717) is 6.54 Å². The maximum Gasteiger partial charge on any atom is 0.255 e. The molecule has 0 spiro atoms. The van der Waals surface area contributed by atoms with Gasteiger partial charge >= 0.3 is 0 Å². The van der Waals surface area contributed by atoms with Crippen molar-refractivity contribution in [3.8, 4) is 0 Å². The lowest BCUT2D eigenvalue weighted by Crippen LogP contribution is -2.26. The molecule has 0 aliphatic rings. The highest BCUT2D eigenvalue weighted by molar-refractivity contribution is 9.10. The molecule has 1 N–H and O–H groups in total. The fourth-order valence-electron chi connectivity index (χ4n) is 1.63. The molecule has 17 heavy (non-hydrogen) atoms. The highest BCUT2D eigenvalue weighted by atomic mass is 79.9. The number of alkyl halides is 2. The van der Waals surface area contributed by atoms with Gasteiger partial charge in [-0.25, -0.2) is 8.78 Å². The molecule has 1 rings (SSSR count). The first-order valence-electron chi connectivity index (χ1n) is 5.53. The van der Waals surface area contributed by atoms with Gasteiger partial charge in [0.1, 0.15) is 0 Å². The summed E-state index contributed by atoms with van der Waals surface area (Å²) in [6.07, 6.45) is -2.32. The Kier molecular flexibility index (Phi) is 5.85. The summed E-state index contributed by atoms with van der Waals surface area (Å²) in [5.41, 5.74) is 1.86. The van der Waals surface area contributed by atoms with Crippen molar-refractivity contribution in [2.45, 2.75) is 19.9 Å². The molecule has 2 nitrogen and oxygen atoms in total. The normalized spacial score (nSPS) is 10.9. The number of nitrogens with one attached hydrogen (secondary N) is 1. The average molecular weight is 307 g/mol. The minimum Gasteiger partial charge on any atom is -0.369 e. The van der Waals surface area contributed by atoms with E-state index in [2.05, 4.69) is 21.2 Å². The first kappa shape index (κ1) is 14.4. The minimum absolute atomic E-state index is 0.249. The van der Waals surface area contributed by atoms with Gasteiger partial charge in [0.15, 0.2) is 0 Å². The van der Waals surface area contributed by atoms with Crippen LogP contribution in [-0.4, -0.2) is 26.6 Å². The van der Waals surface area contributed by atoms with E-state index in [9.17, 15) is 8.78 Å². The largest absolute Gasteiger partial charge is 0.369 e. The lowest BCUT2D eigenvalue weighted by molar-refractivity contribution is 0.156. The van der Waals surface area contributed by atoms with Crippen LogP contribution in [0.25, 0.3) is 0 Å². The number of halogens is 3. The van der Waals surface area contributed by atoms with Crippen LogP contribution in [0.2, 0.25) is 0 Å². The zero-order valence-corrected chi connectivity index (χ0v) is 11.6. The molecule has 0 saturated heterocycles. The van der Waals surface area contributed by atoms with Gasteiger partial charge in [-0.2, -0.15) is 0 Å². The maximum absolute atomic E-state index is 12.4. The maximum atomic E-state index is 12.4. The van der Waals surface area contributed by atoms with Crippen LogP contribution in [0.15, 0.2) is 22.7 Å². The number of hydrogen-bond donors (Lipinski definition) is 1. The number of anilines is 1. The molecule has 0 bridgehead atoms. The molecule has 0 unspecified atom stereocenters. The molecule has 0 aliphatic carbocycles. The third kappa shape index (κ3) is 4.60. The number of hydrogen-bond acceptors (Lipinski definition) is 2. The van der Waals surface area contributed by atoms with E-state index >= 15 is 0 Å². The third-order valence-electron chi connectivity index (χ3n) is 2.43. The number of benzene rings is 1. The Morgan fingerprint density at radius 1 is 1.41 bits per heavy atom. The summed E-state index contributed by atoms with van der Waals surface area (Å²) in [4.78, 5) is 1.59. The van der Waals surface area contributed by atoms with Crippen LogP contribution in [-0.2, 0) is 6.54 Å². The molecule has 1 aromatic rings. The molecule has 0 radical (unpaired) electrons. The Hall–Kier alpha value is -0.680. The van der Waals surface area contributed by atoms with E-state index in [1.807, 2.05) is 25.1 Å². The van der Waals surface area contributed by atoms with E-state index in [1.165, 1.54) is 0 Å². The molecule has 0 aliphatic heterocycles. The predicted octanol–water partition coefficient (Wildman–Crippen LogP) is 3.26. The molecule has 0 amide bonds. The molecule has 0 heterocycles. The topological polar surface area (TPSA) is 15.3 Å². The molecular formula is C12H17BrF2N2. The van der Waals surface area contributed by atoms with Crippen molar-refractivity contribution in [3.05, 3.63) is 28.2 Å². The van der Waals surface area contributed by atoms with Crippen LogP contribution in [0, 0.1) is 0 Å². The summed E-state index contributed by atoms with van der Waals surface area (Å²) in [7, 11) is 1.69.